The van der Waals surface area contributed by atoms with Gasteiger partial charge in [0.15, 0.2) is 0 Å². The molecule has 0 saturated carbocycles. The molecule has 0 aliphatic carbocycles. The SMILES string of the molecule is Cc1ccc(S(=O)(=O)N2CCCC[C@@H]2C(=O)NCCN(CCO)CCO)cc1. The van der Waals surface area contributed by atoms with Gasteiger partial charge in [0.25, 0.3) is 0 Å². The molecule has 9 heteroatoms. The molecule has 0 unspecified atom stereocenters. The highest BCUT2D eigenvalue weighted by Crippen LogP contribution is 2.25. The van der Waals surface area contributed by atoms with Crippen LogP contribution in [0.3, 0.4) is 0 Å². The van der Waals surface area contributed by atoms with E-state index in [1.807, 2.05) is 11.8 Å². The Kier molecular flexibility index (Phi) is 8.84. The average Bonchev–Trinajstić information content (AvgIpc) is 2.68. The molecule has 1 atom stereocenters. The Morgan fingerprint density at radius 3 is 2.39 bits per heavy atom. The highest BCUT2D eigenvalue weighted by molar-refractivity contribution is 7.89. The third kappa shape index (κ3) is 5.99. The number of hydrogen-bond donors (Lipinski definition) is 3. The van der Waals surface area contributed by atoms with E-state index in [0.717, 1.165) is 18.4 Å². The van der Waals surface area contributed by atoms with E-state index in [0.29, 0.717) is 39.1 Å². The van der Waals surface area contributed by atoms with Crippen LogP contribution in [0.15, 0.2) is 29.2 Å². The monoisotopic (exact) mass is 413 g/mol. The molecule has 28 heavy (non-hydrogen) atoms. The molecule has 0 spiro atoms. The summed E-state index contributed by atoms with van der Waals surface area (Å²) in [5.74, 6) is -0.302. The van der Waals surface area contributed by atoms with Gasteiger partial charge in [0.2, 0.25) is 15.9 Å². The second-order valence-electron chi connectivity index (χ2n) is 7.02. The molecule has 0 aromatic heterocycles. The van der Waals surface area contributed by atoms with Crippen LogP contribution in [0.1, 0.15) is 24.8 Å². The summed E-state index contributed by atoms with van der Waals surface area (Å²) in [4.78, 5) is 14.7. The van der Waals surface area contributed by atoms with Crippen molar-refractivity contribution in [1.82, 2.24) is 14.5 Å². The summed E-state index contributed by atoms with van der Waals surface area (Å²) in [7, 11) is -3.74. The summed E-state index contributed by atoms with van der Waals surface area (Å²) in [6.45, 7) is 3.79. The lowest BCUT2D eigenvalue weighted by molar-refractivity contribution is -0.125. The van der Waals surface area contributed by atoms with Crippen molar-refractivity contribution in [3.63, 3.8) is 0 Å². The largest absolute Gasteiger partial charge is 0.395 e. The Morgan fingerprint density at radius 1 is 1.14 bits per heavy atom. The molecule has 1 amide bonds. The fourth-order valence-corrected chi connectivity index (χ4v) is 5.03. The number of sulfonamides is 1. The van der Waals surface area contributed by atoms with Crippen molar-refractivity contribution >= 4 is 15.9 Å². The number of carbonyl (C=O) groups excluding carboxylic acids is 1. The number of nitrogens with one attached hydrogen (secondary N) is 1. The summed E-state index contributed by atoms with van der Waals surface area (Å²) in [6.07, 6.45) is 2.03. The summed E-state index contributed by atoms with van der Waals surface area (Å²) >= 11 is 0. The van der Waals surface area contributed by atoms with Crippen LogP contribution < -0.4 is 5.32 Å². The lowest BCUT2D eigenvalue weighted by Gasteiger charge is -2.33. The van der Waals surface area contributed by atoms with Crippen LogP contribution in [-0.2, 0) is 14.8 Å². The number of amides is 1. The second-order valence-corrected chi connectivity index (χ2v) is 8.91. The lowest BCUT2D eigenvalue weighted by atomic mass is 10.0. The van der Waals surface area contributed by atoms with Crippen molar-refractivity contribution < 1.29 is 23.4 Å². The number of piperidine rings is 1. The van der Waals surface area contributed by atoms with Crippen molar-refractivity contribution in [2.24, 2.45) is 0 Å². The van der Waals surface area contributed by atoms with Crippen molar-refractivity contribution in [1.29, 1.82) is 0 Å². The van der Waals surface area contributed by atoms with Gasteiger partial charge in [0.1, 0.15) is 6.04 Å². The molecule has 0 radical (unpaired) electrons. The van der Waals surface area contributed by atoms with E-state index in [1.165, 1.54) is 4.31 Å². The van der Waals surface area contributed by atoms with Crippen LogP contribution in [-0.4, -0.2) is 85.7 Å². The summed E-state index contributed by atoms with van der Waals surface area (Å²) in [5.41, 5.74) is 0.974. The van der Waals surface area contributed by atoms with E-state index in [2.05, 4.69) is 5.32 Å². The number of hydrogen-bond acceptors (Lipinski definition) is 6. The summed E-state index contributed by atoms with van der Waals surface area (Å²) in [6, 6.07) is 5.95. The third-order valence-electron chi connectivity index (χ3n) is 4.94. The number of nitrogens with zero attached hydrogens (tertiary/aromatic N) is 2. The molecule has 8 nitrogen and oxygen atoms in total. The molecule has 0 bridgehead atoms. The van der Waals surface area contributed by atoms with Gasteiger partial charge < -0.3 is 15.5 Å². The maximum atomic E-state index is 13.0. The van der Waals surface area contributed by atoms with Crippen molar-refractivity contribution in [3.8, 4) is 0 Å². The number of benzene rings is 1. The molecule has 158 valence electrons. The van der Waals surface area contributed by atoms with Crippen molar-refractivity contribution in [2.45, 2.75) is 37.1 Å². The van der Waals surface area contributed by atoms with Crippen LogP contribution in [0.4, 0.5) is 0 Å². The van der Waals surface area contributed by atoms with Gasteiger partial charge in [-0.05, 0) is 31.9 Å². The van der Waals surface area contributed by atoms with Gasteiger partial charge in [-0.15, -0.1) is 0 Å². The molecule has 3 N–H and O–H groups in total. The van der Waals surface area contributed by atoms with E-state index in [9.17, 15) is 13.2 Å². The predicted octanol–water partition coefficient (Wildman–Crippen LogP) is -0.0590. The first-order valence-corrected chi connectivity index (χ1v) is 11.1. The quantitative estimate of drug-likeness (QED) is 0.496. The van der Waals surface area contributed by atoms with Gasteiger partial charge in [-0.25, -0.2) is 8.42 Å². The molecule has 1 aliphatic heterocycles. The van der Waals surface area contributed by atoms with Gasteiger partial charge >= 0.3 is 0 Å². The van der Waals surface area contributed by atoms with Crippen LogP contribution in [0.2, 0.25) is 0 Å². The Hall–Kier alpha value is -1.52. The topological polar surface area (TPSA) is 110 Å². The van der Waals surface area contributed by atoms with Gasteiger partial charge in [-0.3, -0.25) is 9.69 Å². The maximum Gasteiger partial charge on any atom is 0.243 e. The van der Waals surface area contributed by atoms with Crippen molar-refractivity contribution in [3.05, 3.63) is 29.8 Å². The Bertz CT molecular complexity index is 718. The van der Waals surface area contributed by atoms with E-state index in [1.54, 1.807) is 24.3 Å². The van der Waals surface area contributed by atoms with Crippen LogP contribution in [0.25, 0.3) is 0 Å². The minimum absolute atomic E-state index is 0.0286. The number of rotatable bonds is 10. The van der Waals surface area contributed by atoms with Crippen molar-refractivity contribution in [2.75, 3.05) is 45.9 Å². The van der Waals surface area contributed by atoms with E-state index in [4.69, 9.17) is 10.2 Å². The van der Waals surface area contributed by atoms with E-state index >= 15 is 0 Å². The standard InChI is InChI=1S/C19H31N3O5S/c1-16-5-7-17(8-6-16)28(26,27)22-10-3-2-4-18(22)19(25)20-9-11-21(12-14-23)13-15-24/h5-8,18,23-24H,2-4,9-15H2,1H3,(H,20,25)/t18-/m1/s1. The number of aliphatic hydroxyl groups excluding tert-OH is 2. The highest BCUT2D eigenvalue weighted by Gasteiger charge is 2.37. The zero-order valence-electron chi connectivity index (χ0n) is 16.4. The molecule has 1 saturated heterocycles. The molecule has 1 fully saturated rings. The van der Waals surface area contributed by atoms with E-state index in [-0.39, 0.29) is 24.0 Å². The van der Waals surface area contributed by atoms with Gasteiger partial charge in [-0.1, -0.05) is 24.1 Å². The van der Waals surface area contributed by atoms with Crippen LogP contribution >= 0.6 is 0 Å². The summed E-state index contributed by atoms with van der Waals surface area (Å²) < 4.78 is 27.4. The Morgan fingerprint density at radius 2 is 1.79 bits per heavy atom. The maximum absolute atomic E-state index is 13.0. The predicted molar refractivity (Wildman–Crippen MR) is 106 cm³/mol. The second kappa shape index (κ2) is 10.9. The fraction of sp³-hybridized carbons (Fsp3) is 0.632. The fourth-order valence-electron chi connectivity index (χ4n) is 3.37. The third-order valence-corrected chi connectivity index (χ3v) is 6.87. The van der Waals surface area contributed by atoms with Gasteiger partial charge in [0.05, 0.1) is 18.1 Å². The molecule has 2 rings (SSSR count). The Balaban J connectivity index is 2.03. The number of aryl methyl sites for hydroxylation is 1. The zero-order chi connectivity index (χ0) is 20.6. The first-order chi connectivity index (χ1) is 13.4. The van der Waals surface area contributed by atoms with Crippen LogP contribution in [0.5, 0.6) is 0 Å². The first-order valence-electron chi connectivity index (χ1n) is 9.70. The highest BCUT2D eigenvalue weighted by atomic mass is 32.2. The summed E-state index contributed by atoms with van der Waals surface area (Å²) in [5, 5.41) is 20.9. The first kappa shape index (κ1) is 22.8. The molecular formula is C19H31N3O5S. The van der Waals surface area contributed by atoms with Gasteiger partial charge in [-0.2, -0.15) is 4.31 Å². The van der Waals surface area contributed by atoms with Gasteiger partial charge in [0, 0.05) is 32.7 Å². The molecular weight excluding hydrogens is 382 g/mol. The minimum atomic E-state index is -3.74. The normalized spacial score (nSPS) is 18.4. The minimum Gasteiger partial charge on any atom is -0.395 e. The number of carbonyl (C=O) groups is 1. The van der Waals surface area contributed by atoms with Crippen LogP contribution in [0, 0.1) is 6.92 Å². The molecule has 1 aromatic rings. The number of aliphatic hydroxyl groups is 2. The molecule has 1 aliphatic rings. The van der Waals surface area contributed by atoms with E-state index < -0.39 is 16.1 Å². The zero-order valence-corrected chi connectivity index (χ0v) is 17.2. The molecule has 1 aromatic carbocycles. The Labute approximate surface area is 167 Å². The average molecular weight is 414 g/mol. The smallest absolute Gasteiger partial charge is 0.243 e. The lowest BCUT2D eigenvalue weighted by Crippen LogP contribution is -2.52. The molecule has 1 heterocycles.